The average molecular weight is 364 g/mol. The maximum absolute atomic E-state index is 12.3. The summed E-state index contributed by atoms with van der Waals surface area (Å²) in [5.41, 5.74) is 1.64. The van der Waals surface area contributed by atoms with Crippen molar-refractivity contribution < 1.29 is 9.21 Å². The van der Waals surface area contributed by atoms with Gasteiger partial charge in [0.1, 0.15) is 5.52 Å². The molecule has 1 amide bonds. The van der Waals surface area contributed by atoms with Crippen molar-refractivity contribution in [1.29, 1.82) is 0 Å². The molecule has 22 heavy (non-hydrogen) atoms. The Morgan fingerprint density at radius 1 is 1.41 bits per heavy atom. The van der Waals surface area contributed by atoms with Gasteiger partial charge < -0.3 is 9.73 Å². The van der Waals surface area contributed by atoms with Gasteiger partial charge in [-0.3, -0.25) is 9.69 Å². The summed E-state index contributed by atoms with van der Waals surface area (Å²) in [5.74, 6) is 0.845. The molecule has 2 heterocycles. The highest BCUT2D eigenvalue weighted by Gasteiger charge is 2.34. The van der Waals surface area contributed by atoms with Gasteiger partial charge in [0.2, 0.25) is 11.8 Å². The number of nitrogens with zero attached hydrogens (tertiary/aromatic N) is 2. The number of likely N-dealkylation sites (tertiary alicyclic amines) is 1. The molecular formula is C16H18BrN3O2. The molecular weight excluding hydrogens is 346 g/mol. The van der Waals surface area contributed by atoms with Gasteiger partial charge in [0.15, 0.2) is 5.58 Å². The molecule has 2 aliphatic rings. The van der Waals surface area contributed by atoms with Gasteiger partial charge in [-0.25, -0.2) is 4.98 Å². The van der Waals surface area contributed by atoms with Crippen LogP contribution in [0.4, 0.5) is 0 Å². The van der Waals surface area contributed by atoms with E-state index in [1.54, 1.807) is 0 Å². The topological polar surface area (TPSA) is 58.4 Å². The number of halogens is 1. The van der Waals surface area contributed by atoms with E-state index in [2.05, 4.69) is 31.1 Å². The van der Waals surface area contributed by atoms with Crippen LogP contribution in [0.15, 0.2) is 27.1 Å². The van der Waals surface area contributed by atoms with Crippen molar-refractivity contribution >= 4 is 32.9 Å². The summed E-state index contributed by atoms with van der Waals surface area (Å²) in [6.45, 7) is 1.51. The summed E-state index contributed by atoms with van der Waals surface area (Å²) < 4.78 is 6.80. The minimum absolute atomic E-state index is 0.0395. The molecule has 0 bridgehead atoms. The Hall–Kier alpha value is -1.40. The Bertz CT molecular complexity index is 710. The lowest BCUT2D eigenvalue weighted by Crippen LogP contribution is -2.43. The molecule has 1 aliphatic carbocycles. The van der Waals surface area contributed by atoms with Gasteiger partial charge in [-0.1, -0.05) is 15.9 Å². The van der Waals surface area contributed by atoms with Crippen molar-refractivity contribution in [3.63, 3.8) is 0 Å². The molecule has 4 rings (SSSR count). The molecule has 116 valence electrons. The number of oxazole rings is 1. The van der Waals surface area contributed by atoms with Crippen molar-refractivity contribution in [2.24, 2.45) is 0 Å². The SMILES string of the molecule is O=C(NC1CC1)C1CCCN1Cc1nc2ccc(Br)cc2o1. The Kier molecular flexibility index (Phi) is 3.66. The van der Waals surface area contributed by atoms with E-state index in [0.29, 0.717) is 18.5 Å². The number of rotatable bonds is 4. The van der Waals surface area contributed by atoms with Crippen LogP contribution in [-0.4, -0.2) is 34.4 Å². The van der Waals surface area contributed by atoms with Crippen LogP contribution < -0.4 is 5.32 Å². The average Bonchev–Trinajstić information content (AvgIpc) is 3.03. The number of fused-ring (bicyclic) bond motifs is 1. The second-order valence-corrected chi connectivity index (χ2v) is 7.05. The van der Waals surface area contributed by atoms with Crippen LogP contribution in [0.3, 0.4) is 0 Å². The van der Waals surface area contributed by atoms with Crippen LogP contribution in [0.2, 0.25) is 0 Å². The predicted molar refractivity (Wildman–Crippen MR) is 86.3 cm³/mol. The van der Waals surface area contributed by atoms with Crippen LogP contribution in [-0.2, 0) is 11.3 Å². The van der Waals surface area contributed by atoms with Crippen LogP contribution >= 0.6 is 15.9 Å². The van der Waals surface area contributed by atoms with E-state index in [1.807, 2.05) is 18.2 Å². The third-order valence-corrected chi connectivity index (χ3v) is 4.82. The van der Waals surface area contributed by atoms with Gasteiger partial charge in [-0.2, -0.15) is 0 Å². The lowest BCUT2D eigenvalue weighted by molar-refractivity contribution is -0.125. The number of carbonyl (C=O) groups excluding carboxylic acids is 1. The van der Waals surface area contributed by atoms with Crippen LogP contribution in [0.5, 0.6) is 0 Å². The molecule has 1 atom stereocenters. The molecule has 0 spiro atoms. The minimum atomic E-state index is -0.0395. The lowest BCUT2D eigenvalue weighted by atomic mass is 10.2. The summed E-state index contributed by atoms with van der Waals surface area (Å²) in [4.78, 5) is 19.0. The standard InChI is InChI=1S/C16H18BrN3O2/c17-10-3-6-12-14(8-10)22-15(19-12)9-20-7-1-2-13(20)16(21)18-11-4-5-11/h3,6,8,11,13H,1-2,4-5,7,9H2,(H,18,21). The zero-order valence-corrected chi connectivity index (χ0v) is 13.8. The number of hydrogen-bond donors (Lipinski definition) is 1. The normalized spacial score (nSPS) is 22.3. The van der Waals surface area contributed by atoms with Crippen molar-refractivity contribution in [2.75, 3.05) is 6.54 Å². The molecule has 1 unspecified atom stereocenters. The third kappa shape index (κ3) is 2.90. The fourth-order valence-corrected chi connectivity index (χ4v) is 3.36. The quantitative estimate of drug-likeness (QED) is 0.907. The Morgan fingerprint density at radius 2 is 2.27 bits per heavy atom. The summed E-state index contributed by atoms with van der Waals surface area (Å²) >= 11 is 3.44. The van der Waals surface area contributed by atoms with Gasteiger partial charge in [-0.05, 0) is 50.4 Å². The maximum atomic E-state index is 12.3. The lowest BCUT2D eigenvalue weighted by Gasteiger charge is -2.22. The first-order valence-corrected chi connectivity index (χ1v) is 8.58. The molecule has 1 aromatic carbocycles. The smallest absolute Gasteiger partial charge is 0.237 e. The molecule has 2 aromatic rings. The zero-order valence-electron chi connectivity index (χ0n) is 12.2. The van der Waals surface area contributed by atoms with Gasteiger partial charge >= 0.3 is 0 Å². The first kappa shape index (κ1) is 14.2. The van der Waals surface area contributed by atoms with E-state index in [1.165, 1.54) is 0 Å². The van der Waals surface area contributed by atoms with Gasteiger partial charge in [0.05, 0.1) is 12.6 Å². The van der Waals surface area contributed by atoms with Crippen LogP contribution in [0.1, 0.15) is 31.6 Å². The number of benzene rings is 1. The van der Waals surface area contributed by atoms with E-state index < -0.39 is 0 Å². The highest BCUT2D eigenvalue weighted by molar-refractivity contribution is 9.10. The largest absolute Gasteiger partial charge is 0.439 e. The molecule has 1 aliphatic heterocycles. The van der Waals surface area contributed by atoms with Gasteiger partial charge in [0, 0.05) is 10.5 Å². The number of carbonyl (C=O) groups is 1. The highest BCUT2D eigenvalue weighted by Crippen LogP contribution is 2.25. The molecule has 6 heteroatoms. The monoisotopic (exact) mass is 363 g/mol. The van der Waals surface area contributed by atoms with Crippen molar-refractivity contribution in [1.82, 2.24) is 15.2 Å². The first-order valence-electron chi connectivity index (χ1n) is 7.78. The molecule has 0 radical (unpaired) electrons. The second kappa shape index (κ2) is 5.66. The fraction of sp³-hybridized carbons (Fsp3) is 0.500. The molecule has 1 aromatic heterocycles. The van der Waals surface area contributed by atoms with Gasteiger partial charge in [0.25, 0.3) is 0 Å². The van der Waals surface area contributed by atoms with Crippen molar-refractivity contribution in [3.8, 4) is 0 Å². The zero-order chi connectivity index (χ0) is 15.1. The molecule has 1 N–H and O–H groups in total. The van der Waals surface area contributed by atoms with Crippen molar-refractivity contribution in [3.05, 3.63) is 28.6 Å². The highest BCUT2D eigenvalue weighted by atomic mass is 79.9. The number of aromatic nitrogens is 1. The molecule has 5 nitrogen and oxygen atoms in total. The van der Waals surface area contributed by atoms with E-state index >= 15 is 0 Å². The predicted octanol–water partition coefficient (Wildman–Crippen LogP) is 2.83. The summed E-state index contributed by atoms with van der Waals surface area (Å²) in [6.07, 6.45) is 4.22. The number of amides is 1. The first-order chi connectivity index (χ1) is 10.7. The molecule has 1 saturated heterocycles. The van der Waals surface area contributed by atoms with Crippen LogP contribution in [0.25, 0.3) is 11.1 Å². The Labute approximate surface area is 137 Å². The van der Waals surface area contributed by atoms with E-state index in [4.69, 9.17) is 4.42 Å². The Balaban J connectivity index is 1.49. The minimum Gasteiger partial charge on any atom is -0.439 e. The molecule has 2 fully saturated rings. The van der Waals surface area contributed by atoms with Crippen LogP contribution in [0, 0.1) is 0 Å². The maximum Gasteiger partial charge on any atom is 0.237 e. The number of nitrogens with one attached hydrogen (secondary N) is 1. The third-order valence-electron chi connectivity index (χ3n) is 4.32. The van der Waals surface area contributed by atoms with E-state index in [-0.39, 0.29) is 11.9 Å². The summed E-state index contributed by atoms with van der Waals surface area (Å²) in [7, 11) is 0. The van der Waals surface area contributed by atoms with Crippen molar-refractivity contribution in [2.45, 2.75) is 44.3 Å². The summed E-state index contributed by atoms with van der Waals surface area (Å²) in [6, 6.07) is 6.19. The molecule has 1 saturated carbocycles. The summed E-state index contributed by atoms with van der Waals surface area (Å²) in [5, 5.41) is 3.11. The fourth-order valence-electron chi connectivity index (χ4n) is 3.02. The number of hydrogen-bond acceptors (Lipinski definition) is 4. The second-order valence-electron chi connectivity index (χ2n) is 6.13. The van der Waals surface area contributed by atoms with Gasteiger partial charge in [-0.15, -0.1) is 0 Å². The van der Waals surface area contributed by atoms with E-state index in [9.17, 15) is 4.79 Å². The van der Waals surface area contributed by atoms with E-state index in [0.717, 1.165) is 47.8 Å². The Morgan fingerprint density at radius 3 is 3.09 bits per heavy atom.